The van der Waals surface area contributed by atoms with Crippen molar-refractivity contribution in [1.29, 1.82) is 0 Å². The van der Waals surface area contributed by atoms with Crippen LogP contribution in [0.5, 0.6) is 0 Å². The van der Waals surface area contributed by atoms with Crippen molar-refractivity contribution in [2.24, 2.45) is 23.7 Å². The summed E-state index contributed by atoms with van der Waals surface area (Å²) in [5, 5.41) is 0. The Morgan fingerprint density at radius 1 is 1.38 bits per heavy atom. The van der Waals surface area contributed by atoms with E-state index in [-0.39, 0.29) is 0 Å². The largest absolute Gasteiger partial charge is 0.490 e. The lowest BCUT2D eigenvalue weighted by Gasteiger charge is -2.31. The minimum Gasteiger partial charge on any atom is -0.490 e. The lowest BCUT2D eigenvalue weighted by Crippen LogP contribution is -2.30. The van der Waals surface area contributed by atoms with Crippen molar-refractivity contribution in [2.75, 3.05) is 20.2 Å². The van der Waals surface area contributed by atoms with Gasteiger partial charge in [-0.25, -0.2) is 0 Å². The quantitative estimate of drug-likeness (QED) is 0.672. The second kappa shape index (κ2) is 3.54. The molecular weight excluding hydrogens is 198 g/mol. The van der Waals surface area contributed by atoms with Crippen LogP contribution in [-0.2, 0) is 4.74 Å². The first-order valence-electron chi connectivity index (χ1n) is 6.45. The van der Waals surface area contributed by atoms with Gasteiger partial charge in [0.2, 0.25) is 0 Å². The third-order valence-electron chi connectivity index (χ3n) is 4.22. The van der Waals surface area contributed by atoms with E-state index in [1.54, 1.807) is 0 Å². The highest BCUT2D eigenvalue weighted by Gasteiger charge is 2.44. The van der Waals surface area contributed by atoms with Crippen LogP contribution in [0, 0.1) is 23.7 Å². The van der Waals surface area contributed by atoms with E-state index in [9.17, 15) is 0 Å². The van der Waals surface area contributed by atoms with Gasteiger partial charge < -0.3 is 9.64 Å². The zero-order chi connectivity index (χ0) is 11.3. The third-order valence-corrected chi connectivity index (χ3v) is 4.22. The second-order valence-corrected chi connectivity index (χ2v) is 5.74. The monoisotopic (exact) mass is 219 g/mol. The Bertz CT molecular complexity index is 356. The Morgan fingerprint density at radius 3 is 2.94 bits per heavy atom. The summed E-state index contributed by atoms with van der Waals surface area (Å²) in [6.07, 6.45) is 6.20. The van der Waals surface area contributed by atoms with Crippen LogP contribution in [-0.4, -0.2) is 25.1 Å². The molecule has 2 heteroatoms. The summed E-state index contributed by atoms with van der Waals surface area (Å²) in [7, 11) is 2.18. The van der Waals surface area contributed by atoms with Crippen molar-refractivity contribution in [1.82, 2.24) is 4.90 Å². The number of nitrogens with zero attached hydrogens (tertiary/aromatic N) is 1. The molecule has 0 amide bonds. The standard InChI is InChI=1S/C14H21NO/c1-9(2)11-8-13-14(7-10-6-12(10)11)16-5-4-15(13)3/h7-12H,4-6H2,1-3H3/t10-,11?,12?/m1/s1. The maximum Gasteiger partial charge on any atom is 0.138 e. The normalized spacial score (nSPS) is 36.8. The van der Waals surface area contributed by atoms with Crippen LogP contribution in [0.4, 0.5) is 0 Å². The molecule has 88 valence electrons. The SMILES string of the molecule is CC(C)C1C=C2C(=C[C@H]3CC13)OCCN2C. The number of ether oxygens (including phenoxy) is 1. The van der Waals surface area contributed by atoms with Gasteiger partial charge in [-0.15, -0.1) is 0 Å². The number of rotatable bonds is 1. The molecule has 0 aromatic rings. The molecular formula is C14H21NO. The summed E-state index contributed by atoms with van der Waals surface area (Å²) < 4.78 is 5.81. The summed E-state index contributed by atoms with van der Waals surface area (Å²) in [5.74, 6) is 4.28. The number of likely N-dealkylation sites (N-methyl/N-ethyl adjacent to an activating group) is 1. The molecule has 0 aromatic heterocycles. The van der Waals surface area contributed by atoms with Gasteiger partial charge in [-0.05, 0) is 36.2 Å². The van der Waals surface area contributed by atoms with Gasteiger partial charge in [0.25, 0.3) is 0 Å². The molecule has 2 nitrogen and oxygen atoms in total. The maximum atomic E-state index is 5.81. The van der Waals surface area contributed by atoms with Gasteiger partial charge in [-0.2, -0.15) is 0 Å². The minimum absolute atomic E-state index is 0.734. The Labute approximate surface area is 98.0 Å². The Morgan fingerprint density at radius 2 is 2.19 bits per heavy atom. The van der Waals surface area contributed by atoms with E-state index in [0.29, 0.717) is 0 Å². The maximum absolute atomic E-state index is 5.81. The Kier molecular flexibility index (Phi) is 2.27. The summed E-state index contributed by atoms with van der Waals surface area (Å²) in [5.41, 5.74) is 1.33. The molecule has 2 unspecified atom stereocenters. The fraction of sp³-hybridized carbons (Fsp3) is 0.714. The fourth-order valence-corrected chi connectivity index (χ4v) is 3.07. The highest BCUT2D eigenvalue weighted by Crippen LogP contribution is 2.52. The predicted molar refractivity (Wildman–Crippen MR) is 64.7 cm³/mol. The molecule has 3 atom stereocenters. The first kappa shape index (κ1) is 10.2. The summed E-state index contributed by atoms with van der Waals surface area (Å²) in [6.45, 7) is 6.53. The van der Waals surface area contributed by atoms with E-state index < -0.39 is 0 Å². The van der Waals surface area contributed by atoms with Crippen LogP contribution in [0.25, 0.3) is 0 Å². The van der Waals surface area contributed by atoms with Crippen LogP contribution in [0.3, 0.4) is 0 Å². The van der Waals surface area contributed by atoms with Crippen LogP contribution in [0.1, 0.15) is 20.3 Å². The zero-order valence-electron chi connectivity index (χ0n) is 10.4. The molecule has 0 aromatic carbocycles. The van der Waals surface area contributed by atoms with Crippen molar-refractivity contribution >= 4 is 0 Å². The first-order valence-corrected chi connectivity index (χ1v) is 6.45. The van der Waals surface area contributed by atoms with E-state index in [0.717, 1.165) is 42.6 Å². The van der Waals surface area contributed by atoms with Gasteiger partial charge in [-0.1, -0.05) is 19.9 Å². The molecule has 3 rings (SSSR count). The highest BCUT2D eigenvalue weighted by molar-refractivity contribution is 5.33. The van der Waals surface area contributed by atoms with Gasteiger partial charge in [-0.3, -0.25) is 0 Å². The van der Waals surface area contributed by atoms with E-state index in [2.05, 4.69) is 37.9 Å². The van der Waals surface area contributed by atoms with Crippen molar-refractivity contribution in [3.63, 3.8) is 0 Å². The molecule has 16 heavy (non-hydrogen) atoms. The predicted octanol–water partition coefficient (Wildman–Crippen LogP) is 2.64. The molecule has 2 fully saturated rings. The molecule has 0 N–H and O–H groups in total. The molecule has 1 saturated carbocycles. The summed E-state index contributed by atoms with van der Waals surface area (Å²) in [6, 6.07) is 0. The molecule has 3 aliphatic rings. The van der Waals surface area contributed by atoms with Gasteiger partial charge in [0, 0.05) is 7.05 Å². The Hall–Kier alpha value is -0.920. The van der Waals surface area contributed by atoms with Crippen molar-refractivity contribution in [2.45, 2.75) is 20.3 Å². The van der Waals surface area contributed by atoms with Crippen LogP contribution < -0.4 is 0 Å². The molecule has 1 heterocycles. The first-order chi connectivity index (χ1) is 7.66. The van der Waals surface area contributed by atoms with Gasteiger partial charge in [0.05, 0.1) is 12.2 Å². The number of allylic oxidation sites excluding steroid dienone is 2. The molecule has 0 radical (unpaired) electrons. The number of hydrogen-bond donors (Lipinski definition) is 0. The van der Waals surface area contributed by atoms with Gasteiger partial charge in [0.1, 0.15) is 12.4 Å². The number of hydrogen-bond acceptors (Lipinski definition) is 2. The highest BCUT2D eigenvalue weighted by atomic mass is 16.5. The average Bonchev–Trinajstić information content (AvgIpc) is 2.94. The molecule has 0 spiro atoms. The van der Waals surface area contributed by atoms with Crippen molar-refractivity contribution < 1.29 is 4.74 Å². The van der Waals surface area contributed by atoms with Crippen LogP contribution in [0.15, 0.2) is 23.6 Å². The van der Waals surface area contributed by atoms with Gasteiger partial charge in [0.15, 0.2) is 0 Å². The average molecular weight is 219 g/mol. The van der Waals surface area contributed by atoms with E-state index in [4.69, 9.17) is 4.74 Å². The lowest BCUT2D eigenvalue weighted by atomic mass is 9.89. The molecule has 2 aliphatic carbocycles. The smallest absolute Gasteiger partial charge is 0.138 e. The van der Waals surface area contributed by atoms with E-state index in [1.165, 1.54) is 12.1 Å². The minimum atomic E-state index is 0.734. The topological polar surface area (TPSA) is 12.5 Å². The fourth-order valence-electron chi connectivity index (χ4n) is 3.07. The lowest BCUT2D eigenvalue weighted by molar-refractivity contribution is 0.140. The van der Waals surface area contributed by atoms with E-state index >= 15 is 0 Å². The molecule has 1 saturated heterocycles. The number of morpholine rings is 1. The summed E-state index contributed by atoms with van der Waals surface area (Å²) >= 11 is 0. The Balaban J connectivity index is 1.95. The van der Waals surface area contributed by atoms with Gasteiger partial charge >= 0.3 is 0 Å². The third kappa shape index (κ3) is 1.55. The number of fused-ring (bicyclic) bond motifs is 2. The second-order valence-electron chi connectivity index (χ2n) is 5.74. The van der Waals surface area contributed by atoms with Crippen molar-refractivity contribution in [3.05, 3.63) is 23.6 Å². The van der Waals surface area contributed by atoms with Crippen LogP contribution in [0.2, 0.25) is 0 Å². The molecule has 0 bridgehead atoms. The summed E-state index contributed by atoms with van der Waals surface area (Å²) in [4.78, 5) is 2.34. The molecule has 1 aliphatic heterocycles. The van der Waals surface area contributed by atoms with E-state index in [1.807, 2.05) is 0 Å². The zero-order valence-corrected chi connectivity index (χ0v) is 10.4. The van der Waals surface area contributed by atoms with Crippen LogP contribution >= 0.6 is 0 Å². The van der Waals surface area contributed by atoms with Crippen molar-refractivity contribution in [3.8, 4) is 0 Å².